The Morgan fingerprint density at radius 1 is 0.490 bits per heavy atom. The highest BCUT2D eigenvalue weighted by Gasteiger charge is 2.16. The van der Waals surface area contributed by atoms with Crippen LogP contribution in [0.5, 0.6) is 0 Å². The van der Waals surface area contributed by atoms with Crippen LogP contribution >= 0.6 is 0 Å². The third-order valence-electron chi connectivity index (χ3n) is 8.58. The van der Waals surface area contributed by atoms with E-state index in [9.17, 15) is 14.7 Å². The number of allylic oxidation sites excluding steroid dienone is 10. The molecule has 0 aromatic rings. The average Bonchev–Trinajstić information content (AvgIpc) is 3.10. The van der Waals surface area contributed by atoms with Crippen LogP contribution in [0, 0.1) is 0 Å². The van der Waals surface area contributed by atoms with E-state index in [1.54, 1.807) is 0 Å². The largest absolute Gasteiger partial charge is 0.462 e. The first-order valence-electron chi connectivity index (χ1n) is 20.3. The molecular weight excluding hydrogens is 608 g/mol. The van der Waals surface area contributed by atoms with Crippen LogP contribution in [0.2, 0.25) is 0 Å². The van der Waals surface area contributed by atoms with E-state index in [0.717, 1.165) is 70.6 Å². The van der Waals surface area contributed by atoms with Crippen molar-refractivity contribution < 1.29 is 24.2 Å². The van der Waals surface area contributed by atoms with Crippen molar-refractivity contribution in [3.8, 4) is 0 Å². The number of ether oxygens (including phenoxy) is 2. The summed E-state index contributed by atoms with van der Waals surface area (Å²) < 4.78 is 10.6. The van der Waals surface area contributed by atoms with Gasteiger partial charge in [-0.05, 0) is 57.8 Å². The Morgan fingerprint density at radius 3 is 1.33 bits per heavy atom. The predicted molar refractivity (Wildman–Crippen MR) is 210 cm³/mol. The molecule has 0 aliphatic carbocycles. The normalized spacial score (nSPS) is 12.8. The highest BCUT2D eigenvalue weighted by atomic mass is 16.6. The first-order chi connectivity index (χ1) is 24.1. The van der Waals surface area contributed by atoms with Gasteiger partial charge in [0.15, 0.2) is 6.10 Å². The van der Waals surface area contributed by atoms with E-state index in [0.29, 0.717) is 12.8 Å². The van der Waals surface area contributed by atoms with Gasteiger partial charge in [0, 0.05) is 12.8 Å². The molecule has 0 bridgehead atoms. The van der Waals surface area contributed by atoms with Gasteiger partial charge in [-0.3, -0.25) is 9.59 Å². The Labute approximate surface area is 302 Å². The summed E-state index contributed by atoms with van der Waals surface area (Å²) >= 11 is 0. The average molecular weight is 685 g/mol. The van der Waals surface area contributed by atoms with Gasteiger partial charge in [0.2, 0.25) is 0 Å². The Hall–Kier alpha value is -2.40. The van der Waals surface area contributed by atoms with Crippen molar-refractivity contribution in [3.63, 3.8) is 0 Å². The lowest BCUT2D eigenvalue weighted by Crippen LogP contribution is -2.28. The zero-order valence-electron chi connectivity index (χ0n) is 31.9. The number of carbonyl (C=O) groups excluding carboxylic acids is 2. The summed E-state index contributed by atoms with van der Waals surface area (Å²) in [7, 11) is 0. The molecule has 0 rings (SSSR count). The summed E-state index contributed by atoms with van der Waals surface area (Å²) in [5.74, 6) is -0.600. The summed E-state index contributed by atoms with van der Waals surface area (Å²) in [5.41, 5.74) is 0. The number of rotatable bonds is 36. The maximum absolute atomic E-state index is 12.2. The van der Waals surface area contributed by atoms with E-state index in [1.165, 1.54) is 89.9 Å². The minimum absolute atomic E-state index is 0.0683. The van der Waals surface area contributed by atoms with Gasteiger partial charge < -0.3 is 14.6 Å². The Bertz CT molecular complexity index is 869. The van der Waals surface area contributed by atoms with Gasteiger partial charge >= 0.3 is 11.9 Å². The van der Waals surface area contributed by atoms with E-state index >= 15 is 0 Å². The van der Waals surface area contributed by atoms with Gasteiger partial charge in [0.1, 0.15) is 6.61 Å². The van der Waals surface area contributed by atoms with Gasteiger partial charge in [-0.25, -0.2) is 0 Å². The third-order valence-corrected chi connectivity index (χ3v) is 8.58. The van der Waals surface area contributed by atoms with Crippen molar-refractivity contribution in [2.75, 3.05) is 13.2 Å². The molecule has 49 heavy (non-hydrogen) atoms. The van der Waals surface area contributed by atoms with E-state index in [4.69, 9.17) is 9.47 Å². The van der Waals surface area contributed by atoms with Gasteiger partial charge in [0.05, 0.1) is 6.61 Å². The topological polar surface area (TPSA) is 72.8 Å². The van der Waals surface area contributed by atoms with E-state index < -0.39 is 6.10 Å². The highest BCUT2D eigenvalue weighted by molar-refractivity contribution is 5.70. The molecule has 5 heteroatoms. The molecule has 0 aliphatic heterocycles. The monoisotopic (exact) mass is 685 g/mol. The number of hydrogen-bond acceptors (Lipinski definition) is 5. The maximum atomic E-state index is 12.2. The Morgan fingerprint density at radius 2 is 0.878 bits per heavy atom. The molecule has 1 N–H and O–H groups in total. The van der Waals surface area contributed by atoms with Crippen molar-refractivity contribution >= 4 is 11.9 Å². The van der Waals surface area contributed by atoms with Crippen molar-refractivity contribution in [2.24, 2.45) is 0 Å². The van der Waals surface area contributed by atoms with Gasteiger partial charge in [-0.2, -0.15) is 0 Å². The molecule has 0 saturated carbocycles. The van der Waals surface area contributed by atoms with Gasteiger partial charge in [-0.1, -0.05) is 177 Å². The second kappa shape index (κ2) is 40.0. The minimum Gasteiger partial charge on any atom is -0.462 e. The van der Waals surface area contributed by atoms with Crippen molar-refractivity contribution in [2.45, 2.75) is 193 Å². The number of aliphatic hydroxyl groups excluding tert-OH is 1. The van der Waals surface area contributed by atoms with Crippen LogP contribution in [0.3, 0.4) is 0 Å². The molecule has 0 radical (unpaired) electrons. The lowest BCUT2D eigenvalue weighted by Gasteiger charge is -2.15. The Kier molecular flexibility index (Phi) is 38.1. The molecule has 0 spiro atoms. The Balaban J connectivity index is 3.56. The maximum Gasteiger partial charge on any atom is 0.306 e. The molecular formula is C44H76O5. The fraction of sp³-hybridized carbons (Fsp3) is 0.727. The van der Waals surface area contributed by atoms with E-state index in [-0.39, 0.29) is 25.2 Å². The lowest BCUT2D eigenvalue weighted by atomic mass is 10.1. The molecule has 0 fully saturated rings. The molecule has 0 heterocycles. The van der Waals surface area contributed by atoms with Crippen LogP contribution in [0.1, 0.15) is 187 Å². The van der Waals surface area contributed by atoms with Crippen molar-refractivity contribution in [1.82, 2.24) is 0 Å². The second-order valence-electron chi connectivity index (χ2n) is 13.3. The first-order valence-corrected chi connectivity index (χ1v) is 20.3. The van der Waals surface area contributed by atoms with E-state index in [2.05, 4.69) is 74.6 Å². The smallest absolute Gasteiger partial charge is 0.306 e. The molecule has 0 aliphatic rings. The third kappa shape index (κ3) is 38.3. The first kappa shape index (κ1) is 46.6. The molecule has 5 nitrogen and oxygen atoms in total. The lowest BCUT2D eigenvalue weighted by molar-refractivity contribution is -0.161. The molecule has 282 valence electrons. The fourth-order valence-corrected chi connectivity index (χ4v) is 5.52. The fourth-order valence-electron chi connectivity index (χ4n) is 5.52. The summed E-state index contributed by atoms with van der Waals surface area (Å²) in [5, 5.41) is 9.54. The highest BCUT2D eigenvalue weighted by Crippen LogP contribution is 2.14. The minimum atomic E-state index is -0.773. The van der Waals surface area contributed by atoms with Crippen LogP contribution in [-0.2, 0) is 19.1 Å². The number of hydrogen-bond donors (Lipinski definition) is 1. The zero-order valence-corrected chi connectivity index (χ0v) is 31.9. The summed E-state index contributed by atoms with van der Waals surface area (Å²) in [4.78, 5) is 24.2. The van der Waals surface area contributed by atoms with Gasteiger partial charge in [0.25, 0.3) is 0 Å². The predicted octanol–water partition coefficient (Wildman–Crippen LogP) is 12.8. The van der Waals surface area contributed by atoms with Crippen LogP contribution in [0.25, 0.3) is 0 Å². The number of esters is 2. The summed E-state index contributed by atoms with van der Waals surface area (Å²) in [6, 6.07) is 0. The second-order valence-corrected chi connectivity index (χ2v) is 13.3. The van der Waals surface area contributed by atoms with Crippen LogP contribution in [0.4, 0.5) is 0 Å². The quantitative estimate of drug-likeness (QED) is 0.0404. The number of carbonyl (C=O) groups is 2. The van der Waals surface area contributed by atoms with Crippen molar-refractivity contribution in [3.05, 3.63) is 60.8 Å². The zero-order chi connectivity index (χ0) is 35.7. The molecule has 0 aromatic carbocycles. The molecule has 0 aromatic heterocycles. The molecule has 0 saturated heterocycles. The summed E-state index contributed by atoms with van der Waals surface area (Å²) in [6.07, 6.45) is 51.5. The van der Waals surface area contributed by atoms with Crippen molar-refractivity contribution in [1.29, 1.82) is 0 Å². The van der Waals surface area contributed by atoms with Gasteiger partial charge in [-0.15, -0.1) is 0 Å². The number of unbranched alkanes of at least 4 members (excludes halogenated alkanes) is 18. The van der Waals surface area contributed by atoms with Crippen LogP contribution < -0.4 is 0 Å². The standard InChI is InChI=1S/C44H76O5/c1-3-5-7-9-11-13-15-16-17-18-19-20-21-22-23-24-25-26-27-28-29-31-33-35-37-39-44(47)49-42(40-45)41-48-43(46)38-36-34-32-30-14-12-10-8-6-4-2/h5,7,11,13,16-17,19-20,22-23,42,45H,3-4,6,8-10,12,14-15,18,21,24-41H2,1-2H3/b7-5-,13-11-,17-16-,20-19-,23-22-. The van der Waals surface area contributed by atoms with Crippen LogP contribution in [-0.4, -0.2) is 36.4 Å². The molecule has 1 atom stereocenters. The van der Waals surface area contributed by atoms with Crippen LogP contribution in [0.15, 0.2) is 60.8 Å². The molecule has 1 unspecified atom stereocenters. The van der Waals surface area contributed by atoms with E-state index in [1.807, 2.05) is 0 Å². The molecule has 0 amide bonds. The SMILES string of the molecule is CC/C=C\C/C=C\C/C=C\C/C=C\C/C=C\CCCCCCCCCCCC(=O)OC(CO)COC(=O)CCCCCCCCCCCC. The summed E-state index contributed by atoms with van der Waals surface area (Å²) in [6.45, 7) is 4.00. The number of aliphatic hydroxyl groups is 1.